The van der Waals surface area contributed by atoms with E-state index in [4.69, 9.17) is 0 Å². The highest BCUT2D eigenvalue weighted by molar-refractivity contribution is 6.23. The van der Waals surface area contributed by atoms with E-state index >= 15 is 8.78 Å². The smallest absolute Gasteiger partial charge is 0.262 e. The van der Waals surface area contributed by atoms with Gasteiger partial charge in [0.25, 0.3) is 18.2 Å². The fourth-order valence-electron chi connectivity index (χ4n) is 9.42. The number of alkyl halides is 2. The zero-order valence-corrected chi connectivity index (χ0v) is 29.5. The van der Waals surface area contributed by atoms with Crippen molar-refractivity contribution in [2.75, 3.05) is 24.5 Å². The number of carbonyl (C=O) groups excluding carboxylic acids is 4. The number of piperidine rings is 2. The molecule has 1 unspecified atom stereocenters. The highest BCUT2D eigenvalue weighted by atomic mass is 19.3. The molecule has 0 aliphatic carbocycles. The van der Waals surface area contributed by atoms with Gasteiger partial charge in [-0.1, -0.05) is 18.2 Å². The van der Waals surface area contributed by atoms with E-state index in [1.165, 1.54) is 17.0 Å². The lowest BCUT2D eigenvalue weighted by Gasteiger charge is -2.41. The summed E-state index contributed by atoms with van der Waals surface area (Å²) >= 11 is 0. The summed E-state index contributed by atoms with van der Waals surface area (Å²) < 4.78 is 60.2. The average molecular weight is 743 g/mol. The summed E-state index contributed by atoms with van der Waals surface area (Å²) in [6.07, 6.45) is -0.642. The summed E-state index contributed by atoms with van der Waals surface area (Å²) in [5.74, 6) is -3.70. The van der Waals surface area contributed by atoms with E-state index < -0.39 is 60.3 Å². The van der Waals surface area contributed by atoms with Gasteiger partial charge in [0.15, 0.2) is 0 Å². The lowest BCUT2D eigenvalue weighted by Crippen LogP contribution is -2.54. The minimum atomic E-state index is -2.68. The monoisotopic (exact) mass is 742 g/mol. The summed E-state index contributed by atoms with van der Waals surface area (Å²) in [6.45, 7) is 3.40. The number of rotatable bonds is 6. The molecule has 5 aliphatic rings. The van der Waals surface area contributed by atoms with Crippen molar-refractivity contribution in [2.45, 2.75) is 82.7 Å². The number of anilines is 1. The molecule has 9 rings (SSSR count). The summed E-state index contributed by atoms with van der Waals surface area (Å²) in [7, 11) is 0. The third-order valence-corrected chi connectivity index (χ3v) is 12.1. The average Bonchev–Trinajstić information content (AvgIpc) is 3.80. The number of nitrogens with zero attached hydrogens (tertiary/aromatic N) is 4. The van der Waals surface area contributed by atoms with E-state index in [-0.39, 0.29) is 41.6 Å². The van der Waals surface area contributed by atoms with E-state index in [1.807, 2.05) is 36.1 Å². The van der Waals surface area contributed by atoms with Crippen LogP contribution in [0.2, 0.25) is 0 Å². The van der Waals surface area contributed by atoms with Crippen LogP contribution < -0.4 is 10.2 Å². The quantitative estimate of drug-likeness (QED) is 0.200. The molecule has 4 amide bonds. The van der Waals surface area contributed by atoms with E-state index in [1.54, 1.807) is 12.1 Å². The maximum atomic E-state index is 16.2. The Kier molecular flexibility index (Phi) is 8.38. The van der Waals surface area contributed by atoms with Gasteiger partial charge in [-0.05, 0) is 79.6 Å². The molecule has 0 saturated carbocycles. The van der Waals surface area contributed by atoms with Gasteiger partial charge in [-0.3, -0.25) is 39.2 Å². The second kappa shape index (κ2) is 13.0. The third kappa shape index (κ3) is 5.60. The Labute approximate surface area is 308 Å². The van der Waals surface area contributed by atoms with Gasteiger partial charge in [-0.25, -0.2) is 17.6 Å². The molecule has 5 aliphatic heterocycles. The zero-order chi connectivity index (χ0) is 37.6. The van der Waals surface area contributed by atoms with Crippen molar-refractivity contribution >= 4 is 40.2 Å². The van der Waals surface area contributed by atoms with E-state index in [2.05, 4.69) is 15.2 Å². The number of amides is 4. The van der Waals surface area contributed by atoms with Crippen LogP contribution in [0.4, 0.5) is 23.2 Å². The van der Waals surface area contributed by atoms with Gasteiger partial charge in [0.1, 0.15) is 17.7 Å². The van der Waals surface area contributed by atoms with Crippen LogP contribution in [0, 0.1) is 11.6 Å². The lowest BCUT2D eigenvalue weighted by atomic mass is 9.88. The molecule has 2 N–H and O–H groups in total. The van der Waals surface area contributed by atoms with E-state index in [9.17, 15) is 28.0 Å². The van der Waals surface area contributed by atoms with Crippen molar-refractivity contribution in [2.24, 2.45) is 0 Å². The number of benzene rings is 3. The normalized spacial score (nSPS) is 23.8. The van der Waals surface area contributed by atoms with Crippen LogP contribution in [-0.4, -0.2) is 87.5 Å². The molecule has 0 radical (unpaired) electrons. The SMILES string of the molecule is C[C@@H]1Cc2c([nH]c3ccccc23)[C@@H](c2c(F)cc(N3CCC(N4Cc5cc6c(cc5C4)C(=O)N(C4CCC(=O)NC4=O)C6=O)CC3)cc2F)N1CC(F)F. The van der Waals surface area contributed by atoms with Gasteiger partial charge in [0, 0.05) is 72.5 Å². The maximum absolute atomic E-state index is 16.2. The largest absolute Gasteiger partial charge is 0.371 e. The molecule has 6 heterocycles. The number of hydrogen-bond donors (Lipinski definition) is 2. The summed E-state index contributed by atoms with van der Waals surface area (Å²) in [5, 5.41) is 3.14. The Hall–Kier alpha value is -5.08. The van der Waals surface area contributed by atoms with Crippen LogP contribution in [0.3, 0.4) is 0 Å². The van der Waals surface area contributed by atoms with E-state index in [0.29, 0.717) is 56.8 Å². The van der Waals surface area contributed by atoms with Crippen LogP contribution >= 0.6 is 0 Å². The molecule has 0 bridgehead atoms. The number of hydrogen-bond acceptors (Lipinski definition) is 7. The Balaban J connectivity index is 0.904. The first-order valence-corrected chi connectivity index (χ1v) is 18.5. The minimum Gasteiger partial charge on any atom is -0.371 e. The molecule has 2 fully saturated rings. The molecule has 54 heavy (non-hydrogen) atoms. The highest BCUT2D eigenvalue weighted by Gasteiger charge is 2.46. The molecule has 280 valence electrons. The van der Waals surface area contributed by atoms with Crippen molar-refractivity contribution in [1.82, 2.24) is 25.0 Å². The van der Waals surface area contributed by atoms with Crippen molar-refractivity contribution < 1.29 is 36.7 Å². The highest BCUT2D eigenvalue weighted by Crippen LogP contribution is 2.44. The van der Waals surface area contributed by atoms with Gasteiger partial charge in [-0.15, -0.1) is 0 Å². The number of para-hydroxylation sites is 1. The van der Waals surface area contributed by atoms with Crippen LogP contribution in [0.5, 0.6) is 0 Å². The second-order valence-corrected chi connectivity index (χ2v) is 15.2. The first kappa shape index (κ1) is 34.7. The Morgan fingerprint density at radius 1 is 0.870 bits per heavy atom. The summed E-state index contributed by atoms with van der Waals surface area (Å²) in [6, 6.07) is 11.4. The first-order valence-electron chi connectivity index (χ1n) is 18.5. The van der Waals surface area contributed by atoms with Gasteiger partial charge in [0.2, 0.25) is 11.8 Å². The van der Waals surface area contributed by atoms with Crippen molar-refractivity contribution in [3.05, 3.63) is 99.2 Å². The van der Waals surface area contributed by atoms with Crippen molar-refractivity contribution in [1.29, 1.82) is 0 Å². The van der Waals surface area contributed by atoms with Crippen LogP contribution in [-0.2, 0) is 29.1 Å². The fourth-order valence-corrected chi connectivity index (χ4v) is 9.42. The van der Waals surface area contributed by atoms with E-state index in [0.717, 1.165) is 32.5 Å². The summed E-state index contributed by atoms with van der Waals surface area (Å²) in [4.78, 5) is 60.8. The molecule has 14 heteroatoms. The predicted octanol–water partition coefficient (Wildman–Crippen LogP) is 5.43. The second-order valence-electron chi connectivity index (χ2n) is 15.2. The number of nitrogens with one attached hydrogen (secondary N) is 2. The molecule has 3 aromatic carbocycles. The van der Waals surface area contributed by atoms with Gasteiger partial charge < -0.3 is 9.88 Å². The van der Waals surface area contributed by atoms with Crippen molar-refractivity contribution in [3.63, 3.8) is 0 Å². The number of carbonyl (C=O) groups is 4. The minimum absolute atomic E-state index is 0.0535. The zero-order valence-electron chi connectivity index (χ0n) is 29.5. The molecule has 10 nitrogen and oxygen atoms in total. The number of imide groups is 2. The third-order valence-electron chi connectivity index (χ3n) is 12.1. The lowest BCUT2D eigenvalue weighted by molar-refractivity contribution is -0.136. The Morgan fingerprint density at radius 3 is 2.15 bits per heavy atom. The van der Waals surface area contributed by atoms with Gasteiger partial charge >= 0.3 is 0 Å². The Morgan fingerprint density at radius 2 is 1.52 bits per heavy atom. The molecular weight excluding hydrogens is 704 g/mol. The topological polar surface area (TPSA) is 109 Å². The first-order chi connectivity index (χ1) is 26.0. The predicted molar refractivity (Wildman–Crippen MR) is 190 cm³/mol. The number of H-pyrrole nitrogens is 1. The van der Waals surface area contributed by atoms with Gasteiger partial charge in [0.05, 0.1) is 23.7 Å². The van der Waals surface area contributed by atoms with Crippen LogP contribution in [0.1, 0.15) is 87.3 Å². The summed E-state index contributed by atoms with van der Waals surface area (Å²) in [5.41, 5.74) is 4.75. The molecule has 1 aromatic heterocycles. The number of aromatic nitrogens is 1. The molecule has 2 saturated heterocycles. The van der Waals surface area contributed by atoms with Crippen molar-refractivity contribution in [3.8, 4) is 0 Å². The molecule has 0 spiro atoms. The molecular formula is C40H38F4N6O4. The van der Waals surface area contributed by atoms with Crippen LogP contribution in [0.15, 0.2) is 48.5 Å². The standard InChI is InChI=1S/C40H38F4N6O4/c1-20-12-26-25-4-2-3-5-31(25)45-36(26)37(49(20)19-33(43)44)35-29(41)15-24(16-30(35)42)47-10-8-23(9-11-47)48-17-21-13-27-28(14-22(21)18-48)40(54)50(39(27)53)32-6-7-34(51)46-38(32)52/h2-5,13-16,20,23,32-33,37,45H,6-12,17-19H2,1H3,(H,46,51,52)/t20-,32?,37-/m1/s1. The molecule has 4 aromatic rings. The van der Waals surface area contributed by atoms with Gasteiger partial charge in [-0.2, -0.15) is 0 Å². The van der Waals surface area contributed by atoms with Crippen LogP contribution in [0.25, 0.3) is 10.9 Å². The number of fused-ring (bicyclic) bond motifs is 5. The Bertz CT molecular complexity index is 2180. The molecule has 3 atom stereocenters. The fraction of sp³-hybridized carbons (Fsp3) is 0.400. The number of halogens is 4. The maximum Gasteiger partial charge on any atom is 0.262 e. The number of aromatic amines is 1.